The van der Waals surface area contributed by atoms with E-state index in [9.17, 15) is 9.59 Å². The van der Waals surface area contributed by atoms with Gasteiger partial charge in [-0.3, -0.25) is 9.59 Å². The van der Waals surface area contributed by atoms with Crippen molar-refractivity contribution in [2.45, 2.75) is 39.2 Å². The predicted octanol–water partition coefficient (Wildman–Crippen LogP) is 0.212. The van der Waals surface area contributed by atoms with E-state index in [4.69, 9.17) is 5.11 Å². The molecule has 7 nitrogen and oxygen atoms in total. The fraction of sp³-hybridized carbons (Fsp3) is 0.636. The Bertz CT molecular complexity index is 403. The summed E-state index contributed by atoms with van der Waals surface area (Å²) in [5.74, 6) is -0.880. The van der Waals surface area contributed by atoms with E-state index in [1.807, 2.05) is 6.92 Å². The van der Waals surface area contributed by atoms with E-state index in [-0.39, 0.29) is 18.9 Å². The van der Waals surface area contributed by atoms with E-state index in [2.05, 4.69) is 15.6 Å². The van der Waals surface area contributed by atoms with Crippen LogP contribution < -0.4 is 5.32 Å². The monoisotopic (exact) mass is 254 g/mol. The fourth-order valence-electron chi connectivity index (χ4n) is 1.51. The van der Waals surface area contributed by atoms with E-state index in [0.29, 0.717) is 19.4 Å². The molecule has 1 amide bonds. The van der Waals surface area contributed by atoms with Crippen molar-refractivity contribution in [3.05, 3.63) is 11.9 Å². The first-order valence-corrected chi connectivity index (χ1v) is 5.99. The Balaban J connectivity index is 2.29. The van der Waals surface area contributed by atoms with Gasteiger partial charge in [-0.05, 0) is 26.2 Å². The van der Waals surface area contributed by atoms with Crippen molar-refractivity contribution in [3.63, 3.8) is 0 Å². The van der Waals surface area contributed by atoms with Gasteiger partial charge in [0.05, 0.1) is 5.69 Å². The first-order valence-electron chi connectivity index (χ1n) is 5.99. The summed E-state index contributed by atoms with van der Waals surface area (Å²) in [6, 6.07) is 0. The summed E-state index contributed by atoms with van der Waals surface area (Å²) >= 11 is 0. The Hall–Kier alpha value is -1.92. The molecule has 1 aromatic rings. The van der Waals surface area contributed by atoms with E-state index >= 15 is 0 Å². The van der Waals surface area contributed by atoms with Crippen LogP contribution >= 0.6 is 0 Å². The Morgan fingerprint density at radius 3 is 2.89 bits per heavy atom. The van der Waals surface area contributed by atoms with Gasteiger partial charge in [-0.1, -0.05) is 5.21 Å². The molecule has 0 unspecified atom stereocenters. The highest BCUT2D eigenvalue weighted by Crippen LogP contribution is 2.03. The summed E-state index contributed by atoms with van der Waals surface area (Å²) in [5, 5.41) is 18.9. The molecule has 0 saturated carbocycles. The van der Waals surface area contributed by atoms with Crippen molar-refractivity contribution in [2.24, 2.45) is 0 Å². The van der Waals surface area contributed by atoms with Gasteiger partial charge in [-0.25, -0.2) is 4.68 Å². The molecule has 0 saturated heterocycles. The lowest BCUT2D eigenvalue weighted by atomic mass is 10.1. The number of aromatic nitrogens is 3. The third kappa shape index (κ3) is 5.42. The van der Waals surface area contributed by atoms with Crippen molar-refractivity contribution in [3.8, 4) is 0 Å². The number of carbonyl (C=O) groups is 2. The number of aliphatic carboxylic acids is 1. The number of carbonyl (C=O) groups excluding carboxylic acids is 1. The van der Waals surface area contributed by atoms with Gasteiger partial charge in [0, 0.05) is 19.2 Å². The number of hydrogen-bond acceptors (Lipinski definition) is 4. The second-order valence-electron chi connectivity index (χ2n) is 3.96. The van der Waals surface area contributed by atoms with Crippen LogP contribution in [0.3, 0.4) is 0 Å². The zero-order valence-electron chi connectivity index (χ0n) is 10.4. The first-order chi connectivity index (χ1) is 8.61. The van der Waals surface area contributed by atoms with Gasteiger partial charge in [0.2, 0.25) is 5.91 Å². The van der Waals surface area contributed by atoms with Crippen LogP contribution in [-0.4, -0.2) is 38.5 Å². The molecule has 18 heavy (non-hydrogen) atoms. The van der Waals surface area contributed by atoms with Crippen molar-refractivity contribution in [1.29, 1.82) is 0 Å². The summed E-state index contributed by atoms with van der Waals surface area (Å²) in [4.78, 5) is 21.6. The van der Waals surface area contributed by atoms with Crippen molar-refractivity contribution >= 4 is 11.9 Å². The second-order valence-corrected chi connectivity index (χ2v) is 3.96. The molecule has 100 valence electrons. The van der Waals surface area contributed by atoms with Gasteiger partial charge in [0.15, 0.2) is 0 Å². The minimum absolute atomic E-state index is 0.0974. The standard InChI is InChI=1S/C11H18N4O3/c1-2-12-10(16)8-15-7-9(13-14-15)5-3-4-6-11(17)18/h7H,2-6,8H2,1H3,(H,12,16)(H,17,18). The predicted molar refractivity (Wildman–Crippen MR) is 63.9 cm³/mol. The maximum Gasteiger partial charge on any atom is 0.303 e. The Kier molecular flexibility index (Phi) is 5.83. The van der Waals surface area contributed by atoms with Gasteiger partial charge in [0.1, 0.15) is 6.54 Å². The van der Waals surface area contributed by atoms with E-state index in [1.54, 1.807) is 6.20 Å². The third-order valence-electron chi connectivity index (χ3n) is 2.34. The number of rotatable bonds is 8. The van der Waals surface area contributed by atoms with E-state index in [0.717, 1.165) is 12.1 Å². The minimum Gasteiger partial charge on any atom is -0.481 e. The maximum absolute atomic E-state index is 11.3. The first kappa shape index (κ1) is 14.1. The third-order valence-corrected chi connectivity index (χ3v) is 2.34. The zero-order chi connectivity index (χ0) is 13.4. The molecule has 1 aromatic heterocycles. The molecule has 0 bridgehead atoms. The maximum atomic E-state index is 11.3. The molecule has 0 fully saturated rings. The van der Waals surface area contributed by atoms with E-state index < -0.39 is 5.97 Å². The number of unbranched alkanes of at least 4 members (excludes halogenated alkanes) is 1. The molecule has 0 aliphatic carbocycles. The van der Waals surface area contributed by atoms with E-state index in [1.165, 1.54) is 4.68 Å². The van der Waals surface area contributed by atoms with Gasteiger partial charge < -0.3 is 10.4 Å². The molecule has 7 heteroatoms. The molecule has 0 aromatic carbocycles. The number of nitrogens with one attached hydrogen (secondary N) is 1. The van der Waals surface area contributed by atoms with Crippen LogP contribution in [0.1, 0.15) is 31.9 Å². The summed E-state index contributed by atoms with van der Waals surface area (Å²) in [6.45, 7) is 2.61. The number of carboxylic acids is 1. The van der Waals surface area contributed by atoms with Crippen LogP contribution in [0.5, 0.6) is 0 Å². The molecule has 0 aliphatic heterocycles. The number of hydrogen-bond donors (Lipinski definition) is 2. The van der Waals surface area contributed by atoms with Crippen LogP contribution in [0.4, 0.5) is 0 Å². The number of aryl methyl sites for hydroxylation is 1. The lowest BCUT2D eigenvalue weighted by Gasteiger charge is -2.00. The Morgan fingerprint density at radius 1 is 1.44 bits per heavy atom. The SMILES string of the molecule is CCNC(=O)Cn1cc(CCCCC(=O)O)nn1. The number of amides is 1. The molecule has 0 aliphatic rings. The molecule has 0 spiro atoms. The topological polar surface area (TPSA) is 97.1 Å². The van der Waals surface area contributed by atoms with Crippen LogP contribution in [0.25, 0.3) is 0 Å². The van der Waals surface area contributed by atoms with Gasteiger partial charge in [-0.15, -0.1) is 5.10 Å². The van der Waals surface area contributed by atoms with Crippen LogP contribution in [0, 0.1) is 0 Å². The Morgan fingerprint density at radius 2 is 2.22 bits per heavy atom. The highest BCUT2D eigenvalue weighted by Gasteiger charge is 2.05. The smallest absolute Gasteiger partial charge is 0.303 e. The summed E-state index contributed by atoms with van der Waals surface area (Å²) in [7, 11) is 0. The summed E-state index contributed by atoms with van der Waals surface area (Å²) in [5.41, 5.74) is 0.782. The average Bonchev–Trinajstić information content (AvgIpc) is 2.72. The molecule has 1 rings (SSSR count). The van der Waals surface area contributed by atoms with Gasteiger partial charge in [-0.2, -0.15) is 0 Å². The molecule has 1 heterocycles. The minimum atomic E-state index is -0.783. The zero-order valence-corrected chi connectivity index (χ0v) is 10.4. The van der Waals surface area contributed by atoms with Crippen LogP contribution in [0.2, 0.25) is 0 Å². The lowest BCUT2D eigenvalue weighted by Crippen LogP contribution is -2.27. The highest BCUT2D eigenvalue weighted by atomic mass is 16.4. The molecule has 0 atom stereocenters. The van der Waals surface area contributed by atoms with Crippen molar-refractivity contribution < 1.29 is 14.7 Å². The Labute approximate surface area is 105 Å². The largest absolute Gasteiger partial charge is 0.481 e. The van der Waals surface area contributed by atoms with Gasteiger partial charge in [0.25, 0.3) is 0 Å². The van der Waals surface area contributed by atoms with Crippen LogP contribution in [0.15, 0.2) is 6.20 Å². The summed E-state index contributed by atoms with van der Waals surface area (Å²) in [6.07, 6.45) is 3.95. The second kappa shape index (κ2) is 7.41. The molecule has 2 N–H and O–H groups in total. The average molecular weight is 254 g/mol. The molecule has 0 radical (unpaired) electrons. The van der Waals surface area contributed by atoms with Gasteiger partial charge >= 0.3 is 5.97 Å². The number of carboxylic acid groups (broad SMARTS) is 1. The van der Waals surface area contributed by atoms with Crippen molar-refractivity contribution in [2.75, 3.05) is 6.54 Å². The fourth-order valence-corrected chi connectivity index (χ4v) is 1.51. The normalized spacial score (nSPS) is 10.3. The quantitative estimate of drug-likeness (QED) is 0.646. The molecular formula is C11H18N4O3. The summed E-state index contributed by atoms with van der Waals surface area (Å²) < 4.78 is 1.48. The highest BCUT2D eigenvalue weighted by molar-refractivity contribution is 5.75. The lowest BCUT2D eigenvalue weighted by molar-refractivity contribution is -0.137. The van der Waals surface area contributed by atoms with Crippen LogP contribution in [-0.2, 0) is 22.6 Å². The number of nitrogens with zero attached hydrogens (tertiary/aromatic N) is 3. The van der Waals surface area contributed by atoms with Crippen molar-refractivity contribution in [1.82, 2.24) is 20.3 Å². The number of likely N-dealkylation sites (N-methyl/N-ethyl adjacent to an activating group) is 1. The molecular weight excluding hydrogens is 236 g/mol.